The molecule has 1 unspecified atom stereocenters. The molecule has 1 amide bonds. The van der Waals surface area contributed by atoms with Crippen molar-refractivity contribution in [2.45, 2.75) is 19.8 Å². The summed E-state index contributed by atoms with van der Waals surface area (Å²) in [4.78, 5) is 43.8. The predicted octanol–water partition coefficient (Wildman–Crippen LogP) is 1.07. The number of methoxy groups -OCH3 is 1. The summed E-state index contributed by atoms with van der Waals surface area (Å²) in [5.74, 6) is -5.97. The smallest absolute Gasteiger partial charge is 0.323 e. The Morgan fingerprint density at radius 3 is 2.50 bits per heavy atom. The Labute approximate surface area is 181 Å². The van der Waals surface area contributed by atoms with Gasteiger partial charge >= 0.3 is 5.97 Å². The van der Waals surface area contributed by atoms with Gasteiger partial charge in [-0.1, -0.05) is 17.7 Å². The van der Waals surface area contributed by atoms with Crippen molar-refractivity contribution in [1.82, 2.24) is 14.9 Å². The van der Waals surface area contributed by atoms with Gasteiger partial charge in [0.1, 0.15) is 5.69 Å². The predicted molar refractivity (Wildman–Crippen MR) is 113 cm³/mol. The monoisotopic (exact) mass is 439 g/mol. The van der Waals surface area contributed by atoms with Crippen LogP contribution in [-0.2, 0) is 19.1 Å². The molecule has 1 atom stereocenters. The molecule has 3 N–H and O–H groups in total. The molecule has 1 aliphatic carbocycles. The van der Waals surface area contributed by atoms with E-state index < -0.39 is 40.1 Å². The molecule has 1 heterocycles. The van der Waals surface area contributed by atoms with Crippen molar-refractivity contribution < 1.29 is 24.2 Å². The zero-order valence-electron chi connectivity index (χ0n) is 17.3. The molecule has 166 valence electrons. The number of Topliss-reactive ketones (excluding diaryl/α,β-unsaturated/α-hetero) is 1. The van der Waals surface area contributed by atoms with Gasteiger partial charge in [0.05, 0.1) is 18.5 Å². The largest absolute Gasteiger partial charge is 0.612 e. The fourth-order valence-corrected chi connectivity index (χ4v) is 3.14. The number of anilines is 1. The van der Waals surface area contributed by atoms with Crippen molar-refractivity contribution in [1.29, 1.82) is 0 Å². The lowest BCUT2D eigenvalue weighted by Gasteiger charge is -2.17. The molecule has 11 nitrogen and oxygen atoms in total. The van der Waals surface area contributed by atoms with Gasteiger partial charge in [0.2, 0.25) is 17.0 Å². The van der Waals surface area contributed by atoms with Crippen molar-refractivity contribution in [3.8, 4) is 17.3 Å². The molecule has 3 rings (SSSR count). The number of aryl methyl sites for hydroxylation is 2. The molecule has 2 aliphatic rings. The summed E-state index contributed by atoms with van der Waals surface area (Å²) in [5, 5.41) is 34.5. The number of esters is 1. The van der Waals surface area contributed by atoms with Gasteiger partial charge in [0, 0.05) is 17.8 Å². The number of H-pyrrole nitrogens is 1. The molecule has 1 aromatic rings. The second-order valence-corrected chi connectivity index (χ2v) is 7.02. The highest BCUT2D eigenvalue weighted by atomic mass is 16.8. The van der Waals surface area contributed by atoms with E-state index in [1.165, 1.54) is 12.1 Å². The molecule has 0 fully saturated rings. The van der Waals surface area contributed by atoms with Crippen molar-refractivity contribution >= 4 is 23.3 Å². The molecule has 0 aromatic heterocycles. The molecular weight excluding hydrogens is 420 g/mol. The Morgan fingerprint density at radius 2 is 1.88 bits per heavy atom. The normalized spacial score (nSPS) is 11.6. The van der Waals surface area contributed by atoms with Crippen LogP contribution in [0.4, 0.5) is 5.69 Å². The van der Waals surface area contributed by atoms with E-state index in [1.54, 1.807) is 19.1 Å². The van der Waals surface area contributed by atoms with E-state index in [1.807, 2.05) is 13.0 Å². The lowest BCUT2D eigenvalue weighted by Crippen LogP contribution is -2.34. The van der Waals surface area contributed by atoms with Crippen LogP contribution in [-0.4, -0.2) is 39.8 Å². The van der Waals surface area contributed by atoms with Crippen LogP contribution in [0, 0.1) is 24.3 Å². The minimum absolute atomic E-state index is 0.0937. The first kappa shape index (κ1) is 22.3. The van der Waals surface area contributed by atoms with Gasteiger partial charge in [0.25, 0.3) is 5.91 Å². The Bertz CT molecular complexity index is 1260. The first-order chi connectivity index (χ1) is 15.1. The number of aromatic amines is 1. The number of hydrogen-bond donors (Lipinski definition) is 3. The lowest BCUT2D eigenvalue weighted by molar-refractivity contribution is -0.148. The minimum atomic E-state index is -1.86. The van der Waals surface area contributed by atoms with Gasteiger partial charge in [-0.3, -0.25) is 14.4 Å². The highest BCUT2D eigenvalue weighted by Gasteiger charge is 2.38. The molecule has 0 bridgehead atoms. The first-order valence-electron chi connectivity index (χ1n) is 9.33. The van der Waals surface area contributed by atoms with Gasteiger partial charge in [-0.05, 0) is 31.5 Å². The maximum atomic E-state index is 12.9. The van der Waals surface area contributed by atoms with Crippen molar-refractivity contribution in [3.63, 3.8) is 0 Å². The number of rotatable bonds is 5. The third-order valence-corrected chi connectivity index (χ3v) is 4.75. The van der Waals surface area contributed by atoms with Crippen LogP contribution in [0.15, 0.2) is 36.4 Å². The fraction of sp³-hybridized carbons (Fsp3) is 0.190. The average Bonchev–Trinajstić information content (AvgIpc) is 2.75. The van der Waals surface area contributed by atoms with Gasteiger partial charge in [0.15, 0.2) is 5.92 Å². The van der Waals surface area contributed by atoms with Crippen LogP contribution < -0.4 is 15.6 Å². The standard InChI is InChI=1S/C21H19N4O7/c1-10-4-6-13(11(2)8-10)23-20(28)18(26)16(21(29)32-3)17-19(27)24-15-9-12(25(30)31)5-7-14(15)22-17/h4-9,16H,1-3H3,(H3-,22,23,24,26,27,28,30,31)/q-1. The van der Waals surface area contributed by atoms with Crippen LogP contribution in [0.25, 0.3) is 11.4 Å². The van der Waals surface area contributed by atoms with Gasteiger partial charge in [-0.25, -0.2) is 4.98 Å². The van der Waals surface area contributed by atoms with E-state index in [0.29, 0.717) is 11.3 Å². The van der Waals surface area contributed by atoms with E-state index in [-0.39, 0.29) is 16.7 Å². The Balaban J connectivity index is 2.02. The Kier molecular flexibility index (Phi) is 6.10. The number of aromatic hydroxyl groups is 1. The fourth-order valence-electron chi connectivity index (χ4n) is 3.14. The number of nitrogens with one attached hydrogen (secondary N) is 2. The number of hydrogen-bond acceptors (Lipinski definition) is 8. The Morgan fingerprint density at radius 1 is 1.16 bits per heavy atom. The van der Waals surface area contributed by atoms with Crippen LogP contribution in [0.5, 0.6) is 5.88 Å². The summed E-state index contributed by atoms with van der Waals surface area (Å²) in [6, 6.07) is 8.76. The minimum Gasteiger partial charge on any atom is -0.612 e. The summed E-state index contributed by atoms with van der Waals surface area (Å²) in [5.41, 5.74) is 1.82. The Hall–Kier alpha value is -4.41. The summed E-state index contributed by atoms with van der Waals surface area (Å²) in [6.07, 6.45) is 0. The molecule has 32 heavy (non-hydrogen) atoms. The van der Waals surface area contributed by atoms with Crippen LogP contribution in [0.2, 0.25) is 0 Å². The summed E-state index contributed by atoms with van der Waals surface area (Å²) < 4.78 is 4.65. The van der Waals surface area contributed by atoms with E-state index in [4.69, 9.17) is 0 Å². The number of aromatic nitrogens is 2. The van der Waals surface area contributed by atoms with Crippen LogP contribution in [0.1, 0.15) is 22.7 Å². The highest BCUT2D eigenvalue weighted by molar-refractivity contribution is 6.45. The lowest BCUT2D eigenvalue weighted by atomic mass is 9.98. The number of amides is 1. The second-order valence-electron chi connectivity index (χ2n) is 7.02. The number of benzene rings is 2. The van der Waals surface area contributed by atoms with Crippen molar-refractivity contribution in [2.24, 2.45) is 0 Å². The van der Waals surface area contributed by atoms with E-state index in [0.717, 1.165) is 18.7 Å². The number of carbonyl (C=O) groups excluding carboxylic acids is 3. The first-order valence-corrected chi connectivity index (χ1v) is 9.33. The molecule has 0 radical (unpaired) electrons. The molecule has 0 saturated carbocycles. The van der Waals surface area contributed by atoms with E-state index in [9.17, 15) is 29.9 Å². The van der Waals surface area contributed by atoms with Crippen molar-refractivity contribution in [3.05, 3.63) is 69.0 Å². The average molecular weight is 439 g/mol. The molecule has 0 saturated heterocycles. The molecule has 1 aliphatic heterocycles. The maximum Gasteiger partial charge on any atom is 0.323 e. The summed E-state index contributed by atoms with van der Waals surface area (Å²) >= 11 is 0. The molecule has 1 aromatic carbocycles. The summed E-state index contributed by atoms with van der Waals surface area (Å²) in [6.45, 7) is 3.62. The molecule has 0 spiro atoms. The van der Waals surface area contributed by atoms with E-state index in [2.05, 4.69) is 20.0 Å². The zero-order chi connectivity index (χ0) is 23.6. The van der Waals surface area contributed by atoms with E-state index >= 15 is 0 Å². The number of ketones is 1. The highest BCUT2D eigenvalue weighted by Crippen LogP contribution is 2.29. The SMILES string of the molecule is COC(=O)C(C(=O)C(=O)Nc1ccc(C)cc1C)c1nc2ccc(=[N+]([O-])[O-])cc-2[nH]c1O. The maximum absolute atomic E-state index is 12.9. The van der Waals surface area contributed by atoms with Gasteiger partial charge in [-0.15, -0.1) is 0 Å². The second kappa shape index (κ2) is 8.76. The summed E-state index contributed by atoms with van der Waals surface area (Å²) in [7, 11) is 1.02. The number of carbonyl (C=O) groups is 3. The quantitative estimate of drug-likeness (QED) is 0.229. The van der Waals surface area contributed by atoms with Gasteiger partial charge in [-0.2, -0.15) is 4.90 Å². The third-order valence-electron chi connectivity index (χ3n) is 4.75. The van der Waals surface area contributed by atoms with Gasteiger partial charge < -0.3 is 30.6 Å². The molecular formula is C21H19N4O7-. The van der Waals surface area contributed by atoms with Crippen LogP contribution in [0.3, 0.4) is 0 Å². The molecule has 11 heteroatoms. The topological polar surface area (TPSA) is 171 Å². The third kappa shape index (κ3) is 4.36. The number of nitrogens with zero attached hydrogens (tertiary/aromatic N) is 2. The van der Waals surface area contributed by atoms with Crippen LogP contribution >= 0.6 is 0 Å². The zero-order valence-corrected chi connectivity index (χ0v) is 17.3. The number of fused-ring (bicyclic) bond motifs is 1. The number of ether oxygens (including phenoxy) is 1. The van der Waals surface area contributed by atoms with Crippen molar-refractivity contribution in [2.75, 3.05) is 12.4 Å².